The fourth-order valence-corrected chi connectivity index (χ4v) is 4.87. The average molecular weight is 597 g/mol. The van der Waals surface area contributed by atoms with Gasteiger partial charge in [0.05, 0.1) is 6.33 Å². The molecule has 1 aliphatic rings. The lowest BCUT2D eigenvalue weighted by atomic mass is 9.97. The molecule has 4 amide bonds. The molecule has 1 saturated heterocycles. The second-order valence-corrected chi connectivity index (χ2v) is 12.9. The number of aromatic nitrogens is 2. The summed E-state index contributed by atoms with van der Waals surface area (Å²) in [6.07, 6.45) is 6.32. The van der Waals surface area contributed by atoms with Crippen LogP contribution in [0.4, 0.5) is 10.6 Å². The van der Waals surface area contributed by atoms with Gasteiger partial charge in [-0.05, 0) is 65.4 Å². The minimum absolute atomic E-state index is 0.0128. The highest BCUT2D eigenvalue weighted by atomic mass is 16.6. The monoisotopic (exact) mass is 596 g/mol. The van der Waals surface area contributed by atoms with Gasteiger partial charge in [-0.3, -0.25) is 14.4 Å². The Morgan fingerprint density at radius 1 is 1.05 bits per heavy atom. The zero-order valence-electron chi connectivity index (χ0n) is 26.6. The van der Waals surface area contributed by atoms with Crippen molar-refractivity contribution in [2.75, 3.05) is 18.4 Å². The highest BCUT2D eigenvalue weighted by Gasteiger charge is 2.35. The van der Waals surface area contributed by atoms with Crippen molar-refractivity contribution >= 4 is 29.6 Å². The van der Waals surface area contributed by atoms with Crippen LogP contribution in [0.25, 0.3) is 0 Å². The number of imidazole rings is 1. The van der Waals surface area contributed by atoms with Gasteiger partial charge < -0.3 is 30.2 Å². The lowest BCUT2D eigenvalue weighted by Crippen LogP contribution is -2.58. The number of nitrogens with one attached hydrogen (secondary N) is 3. The molecule has 43 heavy (non-hydrogen) atoms. The Balaban J connectivity index is 1.75. The molecule has 0 aliphatic carbocycles. The van der Waals surface area contributed by atoms with Gasteiger partial charge >= 0.3 is 6.09 Å². The third-order valence-electron chi connectivity index (χ3n) is 7.44. The van der Waals surface area contributed by atoms with Gasteiger partial charge in [0.25, 0.3) is 0 Å². The maximum Gasteiger partial charge on any atom is 0.408 e. The van der Waals surface area contributed by atoms with Crippen LogP contribution in [0.1, 0.15) is 92.2 Å². The van der Waals surface area contributed by atoms with Gasteiger partial charge in [-0.15, -0.1) is 0 Å². The molecule has 1 aromatic heterocycles. The minimum atomic E-state index is -1.33. The zero-order chi connectivity index (χ0) is 31.8. The standard InChI is InChI=1S/C32H48N6O5/c1-8-9-15-24(34-29(41)32(6,7)36-30(42)43-31(3,4)5)27(39)35-25-20-38(21-33-25)26(23-13-11-10-12-14-23)28(40)37-18-16-22(2)17-19-37/h10-14,20-22,24,26H,8-9,15-19H2,1-7H3,(H,34,41)(H,35,39)(H,36,42)/t24-,26?/m1/s1. The number of nitrogens with zero attached hydrogens (tertiary/aromatic N) is 3. The first-order valence-electron chi connectivity index (χ1n) is 15.2. The number of benzene rings is 1. The number of carbonyl (C=O) groups is 4. The number of unbranched alkanes of at least 4 members (excludes halogenated alkanes) is 1. The molecule has 2 atom stereocenters. The van der Waals surface area contributed by atoms with Gasteiger partial charge in [0, 0.05) is 19.3 Å². The van der Waals surface area contributed by atoms with Crippen molar-refractivity contribution in [1.29, 1.82) is 0 Å². The van der Waals surface area contributed by atoms with E-state index in [1.807, 2.05) is 42.2 Å². The predicted octanol–water partition coefficient (Wildman–Crippen LogP) is 4.65. The summed E-state index contributed by atoms with van der Waals surface area (Å²) in [6, 6.07) is 8.04. The molecule has 0 bridgehead atoms. The Morgan fingerprint density at radius 2 is 1.70 bits per heavy atom. The lowest BCUT2D eigenvalue weighted by Gasteiger charge is -2.33. The Hall–Kier alpha value is -3.89. The molecule has 0 saturated carbocycles. The van der Waals surface area contributed by atoms with Crippen LogP contribution in [-0.4, -0.2) is 68.5 Å². The van der Waals surface area contributed by atoms with Crippen molar-refractivity contribution < 1.29 is 23.9 Å². The number of piperidine rings is 1. The quantitative estimate of drug-likeness (QED) is 0.346. The number of rotatable bonds is 11. The number of likely N-dealkylation sites (tertiary alicyclic amines) is 1. The highest BCUT2D eigenvalue weighted by Crippen LogP contribution is 2.26. The van der Waals surface area contributed by atoms with Crippen LogP contribution in [0.5, 0.6) is 0 Å². The molecular weight excluding hydrogens is 548 g/mol. The number of carbonyl (C=O) groups excluding carboxylic acids is 4. The topological polar surface area (TPSA) is 135 Å². The van der Waals surface area contributed by atoms with Gasteiger partial charge in [0.2, 0.25) is 17.7 Å². The van der Waals surface area contributed by atoms with E-state index in [1.165, 1.54) is 0 Å². The van der Waals surface area contributed by atoms with E-state index < -0.39 is 41.1 Å². The molecule has 0 spiro atoms. The van der Waals surface area contributed by atoms with Gasteiger partial charge in [0.15, 0.2) is 5.82 Å². The van der Waals surface area contributed by atoms with Crippen molar-refractivity contribution in [2.45, 2.75) is 104 Å². The third kappa shape index (κ3) is 9.83. The second kappa shape index (κ2) is 14.5. The number of anilines is 1. The van der Waals surface area contributed by atoms with Gasteiger partial charge in [-0.1, -0.05) is 57.0 Å². The number of hydrogen-bond acceptors (Lipinski definition) is 6. The maximum atomic E-state index is 13.7. The second-order valence-electron chi connectivity index (χ2n) is 12.9. The van der Waals surface area contributed by atoms with Crippen molar-refractivity contribution in [3.63, 3.8) is 0 Å². The molecule has 236 valence electrons. The van der Waals surface area contributed by atoms with Crippen LogP contribution in [0, 0.1) is 5.92 Å². The molecule has 11 nitrogen and oxygen atoms in total. The predicted molar refractivity (Wildman–Crippen MR) is 165 cm³/mol. The average Bonchev–Trinajstić information content (AvgIpc) is 3.38. The number of hydrogen-bond donors (Lipinski definition) is 3. The van der Waals surface area contributed by atoms with E-state index in [9.17, 15) is 19.2 Å². The van der Waals surface area contributed by atoms with E-state index in [2.05, 4.69) is 27.9 Å². The molecule has 1 fully saturated rings. The van der Waals surface area contributed by atoms with E-state index >= 15 is 0 Å². The van der Waals surface area contributed by atoms with Crippen molar-refractivity contribution in [3.8, 4) is 0 Å². The third-order valence-corrected chi connectivity index (χ3v) is 7.44. The highest BCUT2D eigenvalue weighted by molar-refractivity contribution is 5.98. The molecule has 2 aromatic rings. The molecule has 1 aliphatic heterocycles. The molecule has 0 radical (unpaired) electrons. The number of alkyl carbamates (subject to hydrolysis) is 1. The summed E-state index contributed by atoms with van der Waals surface area (Å²) < 4.78 is 7.01. The van der Waals surface area contributed by atoms with Crippen LogP contribution >= 0.6 is 0 Å². The Labute approximate surface area is 255 Å². The Morgan fingerprint density at radius 3 is 2.30 bits per heavy atom. The van der Waals surface area contributed by atoms with Crippen molar-refractivity contribution in [1.82, 2.24) is 25.1 Å². The van der Waals surface area contributed by atoms with Crippen LogP contribution in [0.15, 0.2) is 42.9 Å². The van der Waals surface area contributed by atoms with Gasteiger partial charge in [-0.2, -0.15) is 0 Å². The van der Waals surface area contributed by atoms with Crippen molar-refractivity contribution in [3.05, 3.63) is 48.4 Å². The Kier molecular flexibility index (Phi) is 11.4. The first kappa shape index (κ1) is 33.6. The largest absolute Gasteiger partial charge is 0.444 e. The molecule has 1 unspecified atom stereocenters. The summed E-state index contributed by atoms with van der Waals surface area (Å²) in [4.78, 5) is 58.9. The summed E-state index contributed by atoms with van der Waals surface area (Å²) in [5.74, 6) is -0.110. The van der Waals surface area contributed by atoms with Crippen molar-refractivity contribution in [2.24, 2.45) is 5.92 Å². The molecular formula is C32H48N6O5. The zero-order valence-corrected chi connectivity index (χ0v) is 26.6. The normalized spacial score (nSPS) is 15.7. The summed E-state index contributed by atoms with van der Waals surface area (Å²) >= 11 is 0. The molecule has 1 aromatic carbocycles. The van der Waals surface area contributed by atoms with Crippen LogP contribution in [0.2, 0.25) is 0 Å². The fraction of sp³-hybridized carbons (Fsp3) is 0.594. The summed E-state index contributed by atoms with van der Waals surface area (Å²) in [5.41, 5.74) is -1.22. The fourth-order valence-electron chi connectivity index (χ4n) is 4.87. The van der Waals surface area contributed by atoms with E-state index in [1.54, 1.807) is 51.7 Å². The minimum Gasteiger partial charge on any atom is -0.444 e. The first-order valence-corrected chi connectivity index (χ1v) is 15.2. The Bertz CT molecular complexity index is 1240. The van der Waals surface area contributed by atoms with E-state index in [0.29, 0.717) is 31.8 Å². The van der Waals surface area contributed by atoms with E-state index in [0.717, 1.165) is 24.8 Å². The van der Waals surface area contributed by atoms with Crippen LogP contribution in [-0.2, 0) is 19.1 Å². The maximum absolute atomic E-state index is 13.7. The SMILES string of the molecule is CCCC[C@@H](NC(=O)C(C)(C)NC(=O)OC(C)(C)C)C(=O)Nc1cn(C(C(=O)N2CCC(C)CC2)c2ccccc2)cn1. The van der Waals surface area contributed by atoms with E-state index in [4.69, 9.17) is 4.74 Å². The summed E-state index contributed by atoms with van der Waals surface area (Å²) in [7, 11) is 0. The summed E-state index contributed by atoms with van der Waals surface area (Å²) in [6.45, 7) is 13.9. The first-order chi connectivity index (χ1) is 20.2. The van der Waals surface area contributed by atoms with Gasteiger partial charge in [-0.25, -0.2) is 9.78 Å². The van der Waals surface area contributed by atoms with Crippen LogP contribution in [0.3, 0.4) is 0 Å². The molecule has 3 N–H and O–H groups in total. The molecule has 11 heteroatoms. The number of ether oxygens (including phenoxy) is 1. The molecule has 3 rings (SSSR count). The van der Waals surface area contributed by atoms with Gasteiger partial charge in [0.1, 0.15) is 23.2 Å². The summed E-state index contributed by atoms with van der Waals surface area (Å²) in [5, 5.41) is 8.17. The smallest absolute Gasteiger partial charge is 0.408 e. The number of amides is 4. The van der Waals surface area contributed by atoms with E-state index in [-0.39, 0.29) is 11.7 Å². The lowest BCUT2D eigenvalue weighted by molar-refractivity contribution is -0.135. The van der Waals surface area contributed by atoms with Crippen LogP contribution < -0.4 is 16.0 Å². The molecule has 2 heterocycles.